The van der Waals surface area contributed by atoms with E-state index in [0.29, 0.717) is 23.6 Å². The molecule has 3 aliphatic heterocycles. The van der Waals surface area contributed by atoms with Crippen molar-refractivity contribution in [3.63, 3.8) is 0 Å². The second-order valence-corrected chi connectivity index (χ2v) is 18.5. The van der Waals surface area contributed by atoms with Crippen molar-refractivity contribution in [3.8, 4) is 23.0 Å². The lowest BCUT2D eigenvalue weighted by atomic mass is 9.53. The average molecular weight is 963 g/mol. The number of phenolic OH excluding ortho intramolecular Hbond substituents is 2. The van der Waals surface area contributed by atoms with Crippen molar-refractivity contribution < 1.29 is 49.1 Å². The number of likely N-dealkylation sites (tertiary alicyclic amines) is 1. The normalized spacial score (nSPS) is 23.2. The first-order valence-corrected chi connectivity index (χ1v) is 23.1. The Labute approximate surface area is 393 Å². The molecular formula is C46H60Cl2N4O10PS-3. The van der Waals surface area contributed by atoms with Crippen LogP contribution in [-0.4, -0.2) is 108 Å². The van der Waals surface area contributed by atoms with Gasteiger partial charge in [-0.2, -0.15) is 7.82 Å². The summed E-state index contributed by atoms with van der Waals surface area (Å²) in [5.41, 5.74) is 5.83. The Morgan fingerprint density at radius 1 is 0.969 bits per heavy atom. The number of aliphatic hydroxyl groups is 2. The van der Waals surface area contributed by atoms with Gasteiger partial charge in [0.1, 0.15) is 12.2 Å². The van der Waals surface area contributed by atoms with Crippen molar-refractivity contribution in [2.45, 2.75) is 85.3 Å². The highest BCUT2D eigenvalue weighted by Gasteiger charge is 2.64. The summed E-state index contributed by atoms with van der Waals surface area (Å²) in [4.78, 5) is 35.5. The number of aromatic hydroxyl groups is 2. The fourth-order valence-corrected chi connectivity index (χ4v) is 10.3. The van der Waals surface area contributed by atoms with Crippen molar-refractivity contribution in [2.75, 3.05) is 52.8 Å². The van der Waals surface area contributed by atoms with Crippen LogP contribution in [0.1, 0.15) is 50.0 Å². The first-order chi connectivity index (χ1) is 29.4. The van der Waals surface area contributed by atoms with Crippen molar-refractivity contribution in [1.82, 2.24) is 15.1 Å². The molecule has 3 heterocycles. The van der Waals surface area contributed by atoms with Crippen LogP contribution in [0.15, 0.2) is 101 Å². The third kappa shape index (κ3) is 11.3. The van der Waals surface area contributed by atoms with Gasteiger partial charge in [0.2, 0.25) is 0 Å². The van der Waals surface area contributed by atoms with Crippen LogP contribution < -0.4 is 34.4 Å². The number of nitrogens with zero attached hydrogens (tertiary/aromatic N) is 3. The molecule has 4 aromatic rings. The second kappa shape index (κ2) is 22.3. The summed E-state index contributed by atoms with van der Waals surface area (Å²) < 4.78 is 20.4. The van der Waals surface area contributed by atoms with Gasteiger partial charge in [-0.05, 0) is 115 Å². The summed E-state index contributed by atoms with van der Waals surface area (Å²) >= 11 is 1.87. The number of methoxy groups -OCH3 is 1. The summed E-state index contributed by atoms with van der Waals surface area (Å²) in [6.07, 6.45) is 4.84. The molecule has 9 rings (SSSR count). The fourth-order valence-electron chi connectivity index (χ4n) is 9.24. The van der Waals surface area contributed by atoms with E-state index in [1.807, 2.05) is 37.8 Å². The van der Waals surface area contributed by atoms with Gasteiger partial charge in [-0.1, -0.05) is 67.2 Å². The van der Waals surface area contributed by atoms with E-state index in [1.54, 1.807) is 13.2 Å². The van der Waals surface area contributed by atoms with Crippen LogP contribution in [-0.2, 0) is 16.4 Å². The zero-order valence-corrected chi connectivity index (χ0v) is 40.3. The van der Waals surface area contributed by atoms with Gasteiger partial charge >= 0.3 is 0 Å². The molecule has 1 fully saturated rings. The minimum atomic E-state index is -5.39. The number of anilines is 2. The number of hydrogen-bond acceptors (Lipinski definition) is 15. The minimum absolute atomic E-state index is 0. The molecule has 18 heteroatoms. The molecule has 0 aromatic heterocycles. The van der Waals surface area contributed by atoms with Gasteiger partial charge in [-0.25, -0.2) is 0 Å². The molecule has 0 amide bonds. The number of para-hydroxylation sites is 2. The second-order valence-electron chi connectivity index (χ2n) is 16.6. The number of rotatable bonds is 8. The quantitative estimate of drug-likeness (QED) is 0.0906. The zero-order valence-electron chi connectivity index (χ0n) is 37.0. The largest absolute Gasteiger partial charge is 0.822 e. The van der Waals surface area contributed by atoms with Gasteiger partial charge in [0.05, 0.1) is 24.6 Å². The van der Waals surface area contributed by atoms with E-state index in [-0.39, 0.29) is 53.9 Å². The molecule has 5 N–H and O–H groups in total. The third-order valence-electron chi connectivity index (χ3n) is 12.6. The first kappa shape index (κ1) is 53.1. The maximum atomic E-state index is 10.6. The molecule has 0 saturated carbocycles. The lowest BCUT2D eigenvalue weighted by molar-refractivity contribution is -0.432. The Balaban J connectivity index is 0.000000200. The molecular weight excluding hydrogens is 902 g/mol. The summed E-state index contributed by atoms with van der Waals surface area (Å²) in [5, 5.41) is 41.9. The summed E-state index contributed by atoms with van der Waals surface area (Å²) in [7, 11) is 2.80. The van der Waals surface area contributed by atoms with Gasteiger partial charge in [-0.15, -0.1) is 24.8 Å². The van der Waals surface area contributed by atoms with Gasteiger partial charge in [0.25, 0.3) is 0 Å². The topological polar surface area (TPSA) is 207 Å². The Bertz CT molecular complexity index is 2220. The summed E-state index contributed by atoms with van der Waals surface area (Å²) in [6.45, 7) is 8.91. The Kier molecular flexibility index (Phi) is 18.5. The number of piperidine rings is 1. The van der Waals surface area contributed by atoms with Crippen LogP contribution in [0.3, 0.4) is 0 Å². The molecule has 3 unspecified atom stereocenters. The molecule has 1 spiro atoms. The van der Waals surface area contributed by atoms with E-state index in [9.17, 15) is 15.3 Å². The lowest BCUT2D eigenvalue weighted by Gasteiger charge is -2.56. The lowest BCUT2D eigenvalue weighted by Crippen LogP contribution is -2.64. The number of benzene rings is 4. The molecule has 5 aliphatic rings. The van der Waals surface area contributed by atoms with Crippen LogP contribution in [0.4, 0.5) is 11.4 Å². The number of phosphoric acid groups is 1. The molecule has 2 bridgehead atoms. The molecule has 4 aromatic carbocycles. The standard InChI is InChI=1S/C18H21NO3.C17H20N2S.C11H17NO3.2ClH.H3O4P/c1-19-8-7-18-11-4-5-13(20)17(18)22-16-14(21-2)6-3-10(15(16)18)9-12(11)19;1-13(18(2)3)12-19-14-8-4-6-10-16(14)20-17-11-7-5-9-15(17)19;1-3-12-7(2)11(15)8-4-5-9(13)10(14)6-8;;;1-5(2,3)4/h3-6,11-13,17,20H,7-9H2,1-2H3;4-11,13H,12H2,1-3H3;4-7,11-15H,3H2,1-2H3;2*1H;(H3,1,2,3,4)/p-3/t11-,12+,13-,17-,18-;;;;;/m0...../s1. The van der Waals surface area contributed by atoms with E-state index in [4.69, 9.17) is 33.8 Å². The molecule has 352 valence electrons. The number of nitrogens with one attached hydrogen (secondary N) is 1. The molecule has 14 nitrogen and oxygen atoms in total. The zero-order chi connectivity index (χ0) is 45.1. The number of fused-ring (bicyclic) bond motifs is 2. The Hall–Kier alpha value is -3.54. The van der Waals surface area contributed by atoms with Gasteiger partial charge < -0.3 is 69.2 Å². The average Bonchev–Trinajstić information content (AvgIpc) is 3.59. The van der Waals surface area contributed by atoms with Crippen LogP contribution in [0.2, 0.25) is 0 Å². The summed E-state index contributed by atoms with van der Waals surface area (Å²) in [5.74, 6) is 1.70. The molecule has 64 heavy (non-hydrogen) atoms. The molecule has 2 aliphatic carbocycles. The van der Waals surface area contributed by atoms with Crippen molar-refractivity contribution in [2.24, 2.45) is 5.92 Å². The minimum Gasteiger partial charge on any atom is -0.822 e. The molecule has 8 atom stereocenters. The maximum absolute atomic E-state index is 10.6. The van der Waals surface area contributed by atoms with Gasteiger partial charge in [-0.3, -0.25) is 0 Å². The van der Waals surface area contributed by atoms with Crippen molar-refractivity contribution >= 4 is 55.8 Å². The van der Waals surface area contributed by atoms with Crippen LogP contribution >= 0.6 is 44.4 Å². The van der Waals surface area contributed by atoms with E-state index in [1.165, 1.54) is 44.4 Å². The van der Waals surface area contributed by atoms with E-state index in [2.05, 4.69) is 109 Å². The number of likely N-dealkylation sites (N-methyl/N-ethyl adjacent to an activating group) is 3. The number of hydrogen-bond donors (Lipinski definition) is 5. The highest BCUT2D eigenvalue weighted by atomic mass is 35.5. The van der Waals surface area contributed by atoms with Gasteiger partial charge in [0, 0.05) is 51.4 Å². The number of phenols is 2. The number of ether oxygens (including phenoxy) is 2. The smallest absolute Gasteiger partial charge is 0.165 e. The SMILES string of the molecule is CC(CN1c2ccccc2Sc2ccccc21)N(C)C.CCNC(C)C(O)c1ccc(O)c(O)c1.COc1ccc2c3c1O[C@H]1[C@@H](O)C=C[C@H]4[C@@H](C2)N(C)CC[C@@]341.Cl.Cl.O=P([O-])([O-])[O-]. The Morgan fingerprint density at radius 3 is 2.14 bits per heavy atom. The van der Waals surface area contributed by atoms with Crippen LogP contribution in [0, 0.1) is 5.92 Å². The highest BCUT2D eigenvalue weighted by Crippen LogP contribution is 2.62. The van der Waals surface area contributed by atoms with Crippen molar-refractivity contribution in [1.29, 1.82) is 0 Å². The molecule has 0 radical (unpaired) electrons. The molecule has 1 saturated heterocycles. The first-order valence-electron chi connectivity index (χ1n) is 20.8. The van der Waals surface area contributed by atoms with Crippen LogP contribution in [0.25, 0.3) is 0 Å². The van der Waals surface area contributed by atoms with Gasteiger partial charge in [0.15, 0.2) is 23.0 Å². The van der Waals surface area contributed by atoms with E-state index in [0.717, 1.165) is 44.0 Å². The third-order valence-corrected chi connectivity index (χ3v) is 13.7. The highest BCUT2D eigenvalue weighted by molar-refractivity contribution is 7.99. The predicted molar refractivity (Wildman–Crippen MR) is 250 cm³/mol. The fraction of sp³-hybridized carbons (Fsp3) is 0.435. The number of aliphatic hydroxyl groups excluding tert-OH is 2. The summed E-state index contributed by atoms with van der Waals surface area (Å²) in [6, 6.07) is 26.8. The number of halogens is 2. The van der Waals surface area contributed by atoms with Crippen LogP contribution in [0.5, 0.6) is 23.0 Å². The predicted octanol–water partition coefficient (Wildman–Crippen LogP) is 4.89. The monoisotopic (exact) mass is 961 g/mol. The van der Waals surface area contributed by atoms with E-state index >= 15 is 0 Å². The van der Waals surface area contributed by atoms with Crippen molar-refractivity contribution in [3.05, 3.63) is 108 Å². The Morgan fingerprint density at radius 2 is 1.58 bits per heavy atom. The van der Waals surface area contributed by atoms with E-state index < -0.39 is 20.0 Å². The maximum Gasteiger partial charge on any atom is 0.165 e.